The summed E-state index contributed by atoms with van der Waals surface area (Å²) in [6.07, 6.45) is 1.78. The highest BCUT2D eigenvalue weighted by Crippen LogP contribution is 2.11. The molecule has 1 N–H and O–H groups in total. The average Bonchev–Trinajstić information content (AvgIpc) is 3.12. The van der Waals surface area contributed by atoms with Crippen LogP contribution in [0.3, 0.4) is 0 Å². The summed E-state index contributed by atoms with van der Waals surface area (Å²) >= 11 is 1.38. The minimum atomic E-state index is -0.174. The lowest BCUT2D eigenvalue weighted by atomic mass is 10.1. The molecule has 0 fully saturated rings. The van der Waals surface area contributed by atoms with Crippen molar-refractivity contribution >= 4 is 28.8 Å². The highest BCUT2D eigenvalue weighted by Gasteiger charge is 2.18. The Morgan fingerprint density at radius 1 is 0.958 bits per heavy atom. The van der Waals surface area contributed by atoms with Crippen LogP contribution in [0.4, 0.5) is 5.82 Å². The lowest BCUT2D eigenvalue weighted by molar-refractivity contribution is -0.668. The van der Waals surface area contributed by atoms with Gasteiger partial charge in [-0.25, -0.2) is 14.7 Å². The summed E-state index contributed by atoms with van der Waals surface area (Å²) in [6.45, 7) is 0.172. The van der Waals surface area contributed by atoms with Gasteiger partial charge in [0.05, 0.1) is 6.20 Å². The molecule has 0 bridgehead atoms. The average molecular weight is 403 g/mol. The fraction of sp³-hybridized carbons (Fsp3) is 0.0556. The number of thiophene rings is 1. The maximum atomic E-state index is 12.3. The number of carbonyl (C=O) groups excluding carboxylic acids is 2. The second-order valence-corrected chi connectivity index (χ2v) is 5.88. The maximum absolute atomic E-state index is 12.3. The van der Waals surface area contributed by atoms with Gasteiger partial charge in [0.1, 0.15) is 4.88 Å². The molecular weight excluding hydrogens is 388 g/mol. The molecule has 2 heterocycles. The van der Waals surface area contributed by atoms with Crippen LogP contribution in [0.5, 0.6) is 0 Å². The molecule has 3 rings (SSSR count). The third kappa shape index (κ3) is 4.37. The molecule has 0 aliphatic rings. The van der Waals surface area contributed by atoms with Crippen molar-refractivity contribution in [3.05, 3.63) is 82.7 Å². The van der Waals surface area contributed by atoms with Gasteiger partial charge in [-0.2, -0.15) is 0 Å². The fourth-order valence-electron chi connectivity index (χ4n) is 2.18. The number of amides is 1. The van der Waals surface area contributed by atoms with Gasteiger partial charge in [-0.1, -0.05) is 42.5 Å². The zero-order chi connectivity index (χ0) is 16.1. The van der Waals surface area contributed by atoms with E-state index in [4.69, 9.17) is 0 Å². The van der Waals surface area contributed by atoms with Crippen molar-refractivity contribution in [2.75, 3.05) is 5.32 Å². The van der Waals surface area contributed by atoms with Crippen LogP contribution in [-0.2, 0) is 6.54 Å². The number of halogens is 1. The van der Waals surface area contributed by atoms with E-state index in [9.17, 15) is 9.59 Å². The molecule has 24 heavy (non-hydrogen) atoms. The predicted molar refractivity (Wildman–Crippen MR) is 89.7 cm³/mol. The van der Waals surface area contributed by atoms with Crippen molar-refractivity contribution in [1.82, 2.24) is 0 Å². The van der Waals surface area contributed by atoms with Crippen molar-refractivity contribution in [3.63, 3.8) is 0 Å². The van der Waals surface area contributed by atoms with Gasteiger partial charge < -0.3 is 17.0 Å². The van der Waals surface area contributed by atoms with Crippen molar-refractivity contribution in [2.24, 2.45) is 0 Å². The smallest absolute Gasteiger partial charge is 0.349 e. The number of rotatable bonds is 5. The molecule has 0 spiro atoms. The van der Waals surface area contributed by atoms with Gasteiger partial charge in [0.15, 0.2) is 6.54 Å². The van der Waals surface area contributed by atoms with Crippen LogP contribution in [-0.4, -0.2) is 11.7 Å². The van der Waals surface area contributed by atoms with Crippen molar-refractivity contribution < 1.29 is 31.1 Å². The molecule has 1 amide bonds. The normalized spacial score (nSPS) is 9.83. The van der Waals surface area contributed by atoms with Crippen LogP contribution in [0.25, 0.3) is 0 Å². The molecular formula is C18H15BrN2O2S. The van der Waals surface area contributed by atoms with Gasteiger partial charge in [-0.3, -0.25) is 4.79 Å². The minimum Gasteiger partial charge on any atom is -1.00 e. The number of nitrogens with one attached hydrogen (secondary N) is 1. The lowest BCUT2D eigenvalue weighted by Crippen LogP contribution is -3.00. The number of hydrogen-bond acceptors (Lipinski definition) is 3. The van der Waals surface area contributed by atoms with Crippen LogP contribution in [0.15, 0.2) is 72.2 Å². The Labute approximate surface area is 154 Å². The molecule has 6 heteroatoms. The highest BCUT2D eigenvalue weighted by molar-refractivity contribution is 7.12. The first kappa shape index (κ1) is 18.0. The molecule has 0 radical (unpaired) electrons. The summed E-state index contributed by atoms with van der Waals surface area (Å²) in [5.74, 6) is 0.413. The molecule has 1 aromatic carbocycles. The zero-order valence-electron chi connectivity index (χ0n) is 12.7. The number of hydrogen-bond donors (Lipinski definition) is 1. The Hall–Kier alpha value is -2.31. The van der Waals surface area contributed by atoms with Gasteiger partial charge in [0.25, 0.3) is 5.82 Å². The Morgan fingerprint density at radius 3 is 2.42 bits per heavy atom. The fourth-order valence-corrected chi connectivity index (χ4v) is 2.80. The van der Waals surface area contributed by atoms with Gasteiger partial charge >= 0.3 is 5.91 Å². The molecule has 0 atom stereocenters. The standard InChI is InChI=1S/C18H14N2O2S.BrH/c21-15(14-7-2-1-3-8-14)13-20-11-5-4-10-17(20)19-18(22)16-9-6-12-23-16;/h1-12H,13H2;1H. The SMILES string of the molecule is O=C(C[n+]1ccccc1NC(=O)c1cccs1)c1ccccc1.[Br-]. The third-order valence-corrected chi connectivity index (χ3v) is 4.21. The summed E-state index contributed by atoms with van der Waals surface area (Å²) in [7, 11) is 0. The maximum Gasteiger partial charge on any atom is 0.349 e. The first-order valence-electron chi connectivity index (χ1n) is 7.15. The third-order valence-electron chi connectivity index (χ3n) is 3.34. The van der Waals surface area contributed by atoms with Gasteiger partial charge in [0.2, 0.25) is 5.78 Å². The van der Waals surface area contributed by atoms with E-state index < -0.39 is 0 Å². The van der Waals surface area contributed by atoms with Crippen LogP contribution in [0.2, 0.25) is 0 Å². The number of pyridine rings is 1. The van der Waals surface area contributed by atoms with Crippen LogP contribution < -0.4 is 26.9 Å². The van der Waals surface area contributed by atoms with E-state index in [1.54, 1.807) is 35.0 Å². The lowest BCUT2D eigenvalue weighted by Gasteiger charge is -2.05. The summed E-state index contributed by atoms with van der Waals surface area (Å²) < 4.78 is 1.74. The number of Topliss-reactive ketones (excluding diaryl/α,β-unsaturated/α-hetero) is 1. The summed E-state index contributed by atoms with van der Waals surface area (Å²) in [5.41, 5.74) is 0.652. The molecule has 0 aliphatic carbocycles. The highest BCUT2D eigenvalue weighted by atomic mass is 79.9. The first-order chi connectivity index (χ1) is 11.2. The Bertz CT molecular complexity index is 820. The number of aromatic nitrogens is 1. The molecule has 3 aromatic rings. The van der Waals surface area contributed by atoms with Crippen molar-refractivity contribution in [2.45, 2.75) is 6.54 Å². The Kier molecular flexibility index (Phi) is 6.40. The van der Waals surface area contributed by atoms with E-state index in [-0.39, 0.29) is 35.2 Å². The number of carbonyl (C=O) groups is 2. The number of nitrogens with zero attached hydrogens (tertiary/aromatic N) is 1. The second kappa shape index (κ2) is 8.52. The number of anilines is 1. The molecule has 0 saturated heterocycles. The summed E-state index contributed by atoms with van der Waals surface area (Å²) in [4.78, 5) is 25.2. The molecule has 4 nitrogen and oxygen atoms in total. The molecule has 122 valence electrons. The Balaban J connectivity index is 0.00000208. The van der Waals surface area contributed by atoms with Crippen LogP contribution in [0, 0.1) is 0 Å². The van der Waals surface area contributed by atoms with E-state index in [1.165, 1.54) is 11.3 Å². The van der Waals surface area contributed by atoms with Crippen molar-refractivity contribution in [1.29, 1.82) is 0 Å². The Morgan fingerprint density at radius 2 is 1.71 bits per heavy atom. The summed E-state index contributed by atoms with van der Waals surface area (Å²) in [6, 6.07) is 18.2. The topological polar surface area (TPSA) is 50.0 Å². The molecule has 2 aromatic heterocycles. The summed E-state index contributed by atoms with van der Waals surface area (Å²) in [5, 5.41) is 4.71. The largest absolute Gasteiger partial charge is 1.00 e. The van der Waals surface area contributed by atoms with E-state index >= 15 is 0 Å². The first-order valence-corrected chi connectivity index (χ1v) is 8.03. The quantitative estimate of drug-likeness (QED) is 0.488. The molecule has 0 saturated carbocycles. The molecule has 0 aliphatic heterocycles. The van der Waals surface area contributed by atoms with E-state index in [1.807, 2.05) is 41.8 Å². The van der Waals surface area contributed by atoms with Gasteiger partial charge in [-0.05, 0) is 17.5 Å². The van der Waals surface area contributed by atoms with Crippen LogP contribution in [0.1, 0.15) is 20.0 Å². The van der Waals surface area contributed by atoms with E-state index in [0.717, 1.165) is 0 Å². The number of benzene rings is 1. The monoisotopic (exact) mass is 402 g/mol. The number of ketones is 1. The second-order valence-electron chi connectivity index (χ2n) is 4.93. The van der Waals surface area contributed by atoms with Crippen LogP contribution >= 0.6 is 11.3 Å². The minimum absolute atomic E-state index is 0. The zero-order valence-corrected chi connectivity index (χ0v) is 15.1. The van der Waals surface area contributed by atoms with E-state index in [0.29, 0.717) is 16.3 Å². The molecule has 0 unspecified atom stereocenters. The van der Waals surface area contributed by atoms with Gasteiger partial charge in [-0.15, -0.1) is 11.3 Å². The van der Waals surface area contributed by atoms with Gasteiger partial charge in [0, 0.05) is 11.6 Å². The van der Waals surface area contributed by atoms with E-state index in [2.05, 4.69) is 5.32 Å². The predicted octanol–water partition coefficient (Wildman–Crippen LogP) is 0.175. The van der Waals surface area contributed by atoms with Crippen molar-refractivity contribution in [3.8, 4) is 0 Å².